The Bertz CT molecular complexity index is 615. The molecule has 0 unspecified atom stereocenters. The molecular weight excluding hydrogens is 270 g/mol. The normalized spacial score (nSPS) is 16.1. The van der Waals surface area contributed by atoms with Gasteiger partial charge >= 0.3 is 6.03 Å². The zero-order chi connectivity index (χ0) is 13.9. The molecule has 5 heteroatoms. The number of hydrogen-bond donors (Lipinski definition) is 1. The van der Waals surface area contributed by atoms with Crippen molar-refractivity contribution in [2.45, 2.75) is 32.6 Å². The standard InChI is InChI=1S/C15H19N3OS/c1-11-6-7-12-13(10-11)20-14(16-12)17-15(19)18-8-4-2-3-5-9-18/h6-7,10H,2-5,8-9H2,1H3,(H,16,17,19). The number of anilines is 1. The van der Waals surface area contributed by atoms with Crippen LogP contribution in [0, 0.1) is 6.92 Å². The Morgan fingerprint density at radius 2 is 2.00 bits per heavy atom. The zero-order valence-electron chi connectivity index (χ0n) is 11.7. The van der Waals surface area contributed by atoms with Crippen molar-refractivity contribution < 1.29 is 4.79 Å². The average Bonchev–Trinajstić information content (AvgIpc) is 2.64. The fourth-order valence-electron chi connectivity index (χ4n) is 2.53. The monoisotopic (exact) mass is 289 g/mol. The minimum absolute atomic E-state index is 0.0114. The summed E-state index contributed by atoms with van der Waals surface area (Å²) in [6, 6.07) is 6.14. The topological polar surface area (TPSA) is 45.2 Å². The van der Waals surface area contributed by atoms with Crippen molar-refractivity contribution in [2.24, 2.45) is 0 Å². The van der Waals surface area contributed by atoms with Crippen molar-refractivity contribution in [1.82, 2.24) is 9.88 Å². The van der Waals surface area contributed by atoms with Gasteiger partial charge < -0.3 is 4.90 Å². The number of carbonyl (C=O) groups excluding carboxylic acids is 1. The Morgan fingerprint density at radius 1 is 1.25 bits per heavy atom. The predicted molar refractivity (Wildman–Crippen MR) is 83.4 cm³/mol. The average molecular weight is 289 g/mol. The third kappa shape index (κ3) is 2.93. The van der Waals surface area contributed by atoms with Gasteiger partial charge in [0.25, 0.3) is 0 Å². The van der Waals surface area contributed by atoms with Gasteiger partial charge in [0.2, 0.25) is 0 Å². The molecule has 106 valence electrons. The highest BCUT2D eigenvalue weighted by Crippen LogP contribution is 2.27. The maximum atomic E-state index is 12.2. The summed E-state index contributed by atoms with van der Waals surface area (Å²) in [6.07, 6.45) is 4.66. The van der Waals surface area contributed by atoms with E-state index in [0.29, 0.717) is 5.13 Å². The van der Waals surface area contributed by atoms with Crippen LogP contribution in [0.1, 0.15) is 31.2 Å². The van der Waals surface area contributed by atoms with E-state index < -0.39 is 0 Å². The van der Waals surface area contributed by atoms with Gasteiger partial charge in [0.15, 0.2) is 5.13 Å². The number of hydrogen-bond acceptors (Lipinski definition) is 3. The van der Waals surface area contributed by atoms with Gasteiger partial charge in [-0.3, -0.25) is 5.32 Å². The van der Waals surface area contributed by atoms with Crippen LogP contribution in [0.5, 0.6) is 0 Å². The smallest absolute Gasteiger partial charge is 0.323 e. The number of aromatic nitrogens is 1. The van der Waals surface area contributed by atoms with Crippen molar-refractivity contribution in [3.63, 3.8) is 0 Å². The highest BCUT2D eigenvalue weighted by Gasteiger charge is 2.16. The van der Waals surface area contributed by atoms with Crippen molar-refractivity contribution in [1.29, 1.82) is 0 Å². The minimum Gasteiger partial charge on any atom is -0.324 e. The second-order valence-electron chi connectivity index (χ2n) is 5.32. The van der Waals surface area contributed by atoms with Crippen LogP contribution < -0.4 is 5.32 Å². The van der Waals surface area contributed by atoms with Crippen LogP contribution >= 0.6 is 11.3 Å². The van der Waals surface area contributed by atoms with Gasteiger partial charge in [0.1, 0.15) is 0 Å². The van der Waals surface area contributed by atoms with Crippen LogP contribution in [-0.2, 0) is 0 Å². The summed E-state index contributed by atoms with van der Waals surface area (Å²) in [4.78, 5) is 18.6. The molecule has 0 aliphatic carbocycles. The van der Waals surface area contributed by atoms with E-state index in [0.717, 1.165) is 36.1 Å². The number of nitrogens with one attached hydrogen (secondary N) is 1. The first-order valence-corrected chi connectivity index (χ1v) is 7.97. The summed E-state index contributed by atoms with van der Waals surface area (Å²) in [5.74, 6) is 0. The summed E-state index contributed by atoms with van der Waals surface area (Å²) in [5.41, 5.74) is 2.17. The number of nitrogens with zero attached hydrogens (tertiary/aromatic N) is 2. The van der Waals surface area contributed by atoms with E-state index >= 15 is 0 Å². The highest BCUT2D eigenvalue weighted by molar-refractivity contribution is 7.22. The largest absolute Gasteiger partial charge is 0.324 e. The number of urea groups is 1. The van der Waals surface area contributed by atoms with Crippen molar-refractivity contribution in [3.8, 4) is 0 Å². The fraction of sp³-hybridized carbons (Fsp3) is 0.467. The van der Waals surface area contributed by atoms with E-state index in [1.165, 1.54) is 29.7 Å². The van der Waals surface area contributed by atoms with Gasteiger partial charge in [0, 0.05) is 13.1 Å². The predicted octanol–water partition coefficient (Wildman–Crippen LogP) is 4.01. The number of carbonyl (C=O) groups is 1. The quantitative estimate of drug-likeness (QED) is 0.862. The Labute approximate surface area is 122 Å². The highest BCUT2D eigenvalue weighted by atomic mass is 32.1. The lowest BCUT2D eigenvalue weighted by molar-refractivity contribution is 0.214. The number of fused-ring (bicyclic) bond motifs is 1. The van der Waals surface area contributed by atoms with E-state index in [-0.39, 0.29) is 6.03 Å². The lowest BCUT2D eigenvalue weighted by atomic mass is 10.2. The number of likely N-dealkylation sites (tertiary alicyclic amines) is 1. The summed E-state index contributed by atoms with van der Waals surface area (Å²) < 4.78 is 1.12. The Hall–Kier alpha value is -1.62. The number of aryl methyl sites for hydroxylation is 1. The van der Waals surface area contributed by atoms with Crippen LogP contribution in [-0.4, -0.2) is 29.0 Å². The molecular formula is C15H19N3OS. The molecule has 1 fully saturated rings. The Balaban J connectivity index is 1.73. The molecule has 0 atom stereocenters. The Kier molecular flexibility index (Phi) is 3.87. The summed E-state index contributed by atoms with van der Waals surface area (Å²) in [6.45, 7) is 3.78. The number of thiazole rings is 1. The van der Waals surface area contributed by atoms with Crippen molar-refractivity contribution in [2.75, 3.05) is 18.4 Å². The van der Waals surface area contributed by atoms with Crippen LogP contribution in [0.4, 0.5) is 9.93 Å². The first kappa shape index (κ1) is 13.4. The molecule has 20 heavy (non-hydrogen) atoms. The molecule has 2 aromatic rings. The lowest BCUT2D eigenvalue weighted by Gasteiger charge is -2.19. The van der Waals surface area contributed by atoms with Gasteiger partial charge in [-0.2, -0.15) is 0 Å². The van der Waals surface area contributed by atoms with Gasteiger partial charge in [-0.25, -0.2) is 9.78 Å². The molecule has 1 saturated heterocycles. The summed E-state index contributed by atoms with van der Waals surface area (Å²) in [7, 11) is 0. The van der Waals surface area contributed by atoms with Crippen molar-refractivity contribution >= 4 is 32.7 Å². The van der Waals surface area contributed by atoms with Gasteiger partial charge in [-0.1, -0.05) is 30.2 Å². The molecule has 1 aromatic carbocycles. The molecule has 1 aromatic heterocycles. The molecule has 2 amide bonds. The van der Waals surface area contributed by atoms with E-state index in [1.54, 1.807) is 0 Å². The third-order valence-corrected chi connectivity index (χ3v) is 4.58. The number of amides is 2. The zero-order valence-corrected chi connectivity index (χ0v) is 12.5. The molecule has 4 nitrogen and oxygen atoms in total. The molecule has 1 N–H and O–H groups in total. The second kappa shape index (κ2) is 5.79. The third-order valence-electron chi connectivity index (χ3n) is 3.65. The van der Waals surface area contributed by atoms with Crippen LogP contribution in [0.2, 0.25) is 0 Å². The molecule has 0 bridgehead atoms. The molecule has 0 saturated carbocycles. The number of rotatable bonds is 1. The summed E-state index contributed by atoms with van der Waals surface area (Å²) >= 11 is 1.54. The van der Waals surface area contributed by atoms with Crippen LogP contribution in [0.25, 0.3) is 10.2 Å². The van der Waals surface area contributed by atoms with Crippen LogP contribution in [0.15, 0.2) is 18.2 Å². The molecule has 0 spiro atoms. The van der Waals surface area contributed by atoms with Gasteiger partial charge in [0.05, 0.1) is 10.2 Å². The first-order chi connectivity index (χ1) is 9.72. The van der Waals surface area contributed by atoms with Gasteiger partial charge in [-0.15, -0.1) is 0 Å². The van der Waals surface area contributed by atoms with E-state index in [1.807, 2.05) is 17.0 Å². The van der Waals surface area contributed by atoms with E-state index in [4.69, 9.17) is 0 Å². The second-order valence-corrected chi connectivity index (χ2v) is 6.35. The minimum atomic E-state index is -0.0114. The molecule has 1 aliphatic heterocycles. The lowest BCUT2D eigenvalue weighted by Crippen LogP contribution is -2.35. The molecule has 2 heterocycles. The van der Waals surface area contributed by atoms with Gasteiger partial charge in [-0.05, 0) is 37.5 Å². The maximum absolute atomic E-state index is 12.2. The maximum Gasteiger partial charge on any atom is 0.323 e. The molecule has 1 aliphatic rings. The fourth-order valence-corrected chi connectivity index (χ4v) is 3.48. The summed E-state index contributed by atoms with van der Waals surface area (Å²) in [5, 5.41) is 3.64. The van der Waals surface area contributed by atoms with Crippen LogP contribution in [0.3, 0.4) is 0 Å². The first-order valence-electron chi connectivity index (χ1n) is 7.15. The SMILES string of the molecule is Cc1ccc2nc(NC(=O)N3CCCCCC3)sc2c1. The van der Waals surface area contributed by atoms with E-state index in [9.17, 15) is 4.79 Å². The molecule has 3 rings (SSSR count). The molecule has 0 radical (unpaired) electrons. The Morgan fingerprint density at radius 3 is 2.75 bits per heavy atom. The van der Waals surface area contributed by atoms with Crippen molar-refractivity contribution in [3.05, 3.63) is 23.8 Å². The number of benzene rings is 1. The van der Waals surface area contributed by atoms with E-state index in [2.05, 4.69) is 23.3 Å².